The predicted octanol–water partition coefficient (Wildman–Crippen LogP) is 1.71. The topological polar surface area (TPSA) is 101 Å². The first-order valence-electron chi connectivity index (χ1n) is 9.94. The molecule has 2 saturated heterocycles. The molecule has 2 aliphatic rings. The molecule has 3 heterocycles. The third-order valence-electron chi connectivity index (χ3n) is 5.68. The third kappa shape index (κ3) is 3.90. The minimum absolute atomic E-state index is 0.0562. The van der Waals surface area contributed by atoms with Gasteiger partial charge in [0.15, 0.2) is 5.69 Å². The molecule has 2 aliphatic heterocycles. The molecule has 9 nitrogen and oxygen atoms in total. The van der Waals surface area contributed by atoms with E-state index in [-0.39, 0.29) is 29.2 Å². The number of aromatic nitrogens is 3. The van der Waals surface area contributed by atoms with Crippen molar-refractivity contribution < 1.29 is 19.4 Å². The molecule has 154 valence electrons. The first-order chi connectivity index (χ1) is 14.1. The number of rotatable bonds is 4. The van der Waals surface area contributed by atoms with Crippen molar-refractivity contribution in [3.05, 3.63) is 35.7 Å². The highest BCUT2D eigenvalue weighted by molar-refractivity contribution is 5.97. The van der Waals surface area contributed by atoms with Crippen molar-refractivity contribution in [2.75, 3.05) is 33.3 Å². The molecular formula is C20H25N5O4. The van der Waals surface area contributed by atoms with E-state index in [2.05, 4.69) is 10.3 Å². The number of hydrogen-bond donors (Lipinski definition) is 1. The maximum absolute atomic E-state index is 12.8. The van der Waals surface area contributed by atoms with Crippen LogP contribution in [0.5, 0.6) is 11.5 Å². The molecule has 2 fully saturated rings. The summed E-state index contributed by atoms with van der Waals surface area (Å²) in [5.41, 5.74) is 0.619. The van der Waals surface area contributed by atoms with Crippen LogP contribution in [0.2, 0.25) is 0 Å². The molecule has 0 bridgehead atoms. The van der Waals surface area contributed by atoms with Crippen LogP contribution in [-0.4, -0.2) is 75.0 Å². The van der Waals surface area contributed by atoms with Gasteiger partial charge < -0.3 is 19.6 Å². The van der Waals surface area contributed by atoms with Crippen molar-refractivity contribution in [3.8, 4) is 11.5 Å². The van der Waals surface area contributed by atoms with Gasteiger partial charge in [0.1, 0.15) is 11.5 Å². The van der Waals surface area contributed by atoms with Gasteiger partial charge in [-0.3, -0.25) is 9.59 Å². The van der Waals surface area contributed by atoms with Gasteiger partial charge in [-0.2, -0.15) is 0 Å². The van der Waals surface area contributed by atoms with Gasteiger partial charge in [-0.05, 0) is 43.9 Å². The Morgan fingerprint density at radius 3 is 2.45 bits per heavy atom. The van der Waals surface area contributed by atoms with Crippen LogP contribution in [0.4, 0.5) is 0 Å². The van der Waals surface area contributed by atoms with Gasteiger partial charge >= 0.3 is 0 Å². The summed E-state index contributed by atoms with van der Waals surface area (Å²) in [6.07, 6.45) is 5.20. The van der Waals surface area contributed by atoms with Gasteiger partial charge in [0.05, 0.1) is 24.9 Å². The molecule has 0 radical (unpaired) electrons. The average molecular weight is 399 g/mol. The Bertz CT molecular complexity index is 898. The second-order valence-electron chi connectivity index (χ2n) is 7.49. The second kappa shape index (κ2) is 8.10. The smallest absolute Gasteiger partial charge is 0.276 e. The highest BCUT2D eigenvalue weighted by Gasteiger charge is 2.28. The van der Waals surface area contributed by atoms with Crippen molar-refractivity contribution >= 4 is 11.8 Å². The molecule has 0 unspecified atom stereocenters. The first kappa shape index (κ1) is 19.2. The number of aromatic hydroxyl groups is 1. The van der Waals surface area contributed by atoms with E-state index in [0.717, 1.165) is 25.9 Å². The summed E-state index contributed by atoms with van der Waals surface area (Å²) in [4.78, 5) is 28.8. The lowest BCUT2D eigenvalue weighted by Gasteiger charge is -2.32. The summed E-state index contributed by atoms with van der Waals surface area (Å²) in [5.74, 6) is 0.191. The van der Waals surface area contributed by atoms with Crippen LogP contribution >= 0.6 is 0 Å². The van der Waals surface area contributed by atoms with Crippen molar-refractivity contribution in [3.63, 3.8) is 0 Å². The van der Waals surface area contributed by atoms with Crippen molar-refractivity contribution in [2.24, 2.45) is 0 Å². The molecule has 1 aromatic heterocycles. The van der Waals surface area contributed by atoms with Gasteiger partial charge in [0.25, 0.3) is 11.8 Å². The Labute approximate surface area is 168 Å². The van der Waals surface area contributed by atoms with Gasteiger partial charge in [0.2, 0.25) is 0 Å². The van der Waals surface area contributed by atoms with E-state index in [1.807, 2.05) is 4.90 Å². The molecule has 1 N–H and O–H groups in total. The second-order valence-corrected chi connectivity index (χ2v) is 7.49. The molecule has 0 saturated carbocycles. The van der Waals surface area contributed by atoms with Gasteiger partial charge in [-0.1, -0.05) is 5.21 Å². The predicted molar refractivity (Wildman–Crippen MR) is 104 cm³/mol. The molecule has 29 heavy (non-hydrogen) atoms. The van der Waals surface area contributed by atoms with E-state index < -0.39 is 0 Å². The van der Waals surface area contributed by atoms with Crippen molar-refractivity contribution in [1.29, 1.82) is 0 Å². The zero-order valence-corrected chi connectivity index (χ0v) is 16.5. The van der Waals surface area contributed by atoms with Crippen LogP contribution in [0.25, 0.3) is 0 Å². The van der Waals surface area contributed by atoms with Crippen LogP contribution < -0.4 is 4.74 Å². The largest absolute Gasteiger partial charge is 0.507 e. The standard InChI is InChI=1S/C20H25N5O4/c1-29-15-4-5-18(26)16(12-15)19(27)24-10-6-14(7-11-24)25-13-17(21-22-25)20(28)23-8-2-3-9-23/h4-5,12-14,26H,2-3,6-11H2,1H3. The van der Waals surface area contributed by atoms with Crippen molar-refractivity contribution in [2.45, 2.75) is 31.7 Å². The number of nitrogens with zero attached hydrogens (tertiary/aromatic N) is 5. The van der Waals surface area contributed by atoms with Crippen LogP contribution in [0.1, 0.15) is 52.6 Å². The van der Waals surface area contributed by atoms with Crippen LogP contribution in [-0.2, 0) is 0 Å². The van der Waals surface area contributed by atoms with Gasteiger partial charge in [-0.15, -0.1) is 5.10 Å². The van der Waals surface area contributed by atoms with E-state index in [9.17, 15) is 14.7 Å². The Kier molecular flexibility index (Phi) is 5.37. The van der Waals surface area contributed by atoms with E-state index in [1.165, 1.54) is 13.2 Å². The number of amides is 2. The summed E-state index contributed by atoms with van der Waals surface area (Å²) in [6, 6.07) is 4.72. The van der Waals surface area contributed by atoms with E-state index in [4.69, 9.17) is 4.74 Å². The SMILES string of the molecule is COc1ccc(O)c(C(=O)N2CCC(n3cc(C(=O)N4CCCC4)nn3)CC2)c1. The first-order valence-corrected chi connectivity index (χ1v) is 9.94. The maximum Gasteiger partial charge on any atom is 0.276 e. The summed E-state index contributed by atoms with van der Waals surface area (Å²) in [6.45, 7) is 2.64. The minimum atomic E-state index is -0.219. The molecule has 2 amide bonds. The van der Waals surface area contributed by atoms with Crippen LogP contribution in [0.3, 0.4) is 0 Å². The Morgan fingerprint density at radius 2 is 1.76 bits per heavy atom. The quantitative estimate of drug-likeness (QED) is 0.840. The average Bonchev–Trinajstić information content (AvgIpc) is 3.46. The summed E-state index contributed by atoms with van der Waals surface area (Å²) in [7, 11) is 1.52. The fourth-order valence-corrected chi connectivity index (χ4v) is 3.95. The number of hydrogen-bond acceptors (Lipinski definition) is 6. The minimum Gasteiger partial charge on any atom is -0.507 e. The molecular weight excluding hydrogens is 374 g/mol. The molecule has 1 aromatic carbocycles. The number of benzene rings is 1. The summed E-state index contributed by atoms with van der Waals surface area (Å²) < 4.78 is 6.89. The molecule has 4 rings (SSSR count). The highest BCUT2D eigenvalue weighted by atomic mass is 16.5. The number of carbonyl (C=O) groups is 2. The Hall–Kier alpha value is -3.10. The highest BCUT2D eigenvalue weighted by Crippen LogP contribution is 2.28. The van der Waals surface area contributed by atoms with Crippen molar-refractivity contribution in [1.82, 2.24) is 24.8 Å². The van der Waals surface area contributed by atoms with E-state index in [1.54, 1.807) is 27.9 Å². The zero-order chi connectivity index (χ0) is 20.4. The number of likely N-dealkylation sites (tertiary alicyclic amines) is 2. The maximum atomic E-state index is 12.8. The number of ether oxygens (including phenoxy) is 1. The summed E-state index contributed by atoms with van der Waals surface area (Å²) >= 11 is 0. The lowest BCUT2D eigenvalue weighted by molar-refractivity contribution is 0.0685. The number of methoxy groups -OCH3 is 1. The molecule has 0 spiro atoms. The van der Waals surface area contributed by atoms with E-state index in [0.29, 0.717) is 37.4 Å². The Balaban J connectivity index is 1.38. The monoisotopic (exact) mass is 399 g/mol. The van der Waals surface area contributed by atoms with Gasteiger partial charge in [0, 0.05) is 26.2 Å². The normalized spacial score (nSPS) is 17.6. The molecule has 9 heteroatoms. The molecule has 0 aliphatic carbocycles. The number of carbonyl (C=O) groups excluding carboxylic acids is 2. The lowest BCUT2D eigenvalue weighted by Crippen LogP contribution is -2.39. The zero-order valence-electron chi connectivity index (χ0n) is 16.5. The van der Waals surface area contributed by atoms with E-state index >= 15 is 0 Å². The van der Waals surface area contributed by atoms with Gasteiger partial charge in [-0.25, -0.2) is 4.68 Å². The number of phenolic OH excluding ortho intramolecular Hbond substituents is 1. The number of piperidine rings is 1. The third-order valence-corrected chi connectivity index (χ3v) is 5.68. The fourth-order valence-electron chi connectivity index (χ4n) is 3.95. The fraction of sp³-hybridized carbons (Fsp3) is 0.500. The lowest BCUT2D eigenvalue weighted by atomic mass is 10.0. The molecule has 0 atom stereocenters. The summed E-state index contributed by atoms with van der Waals surface area (Å²) in [5, 5.41) is 18.3. The van der Waals surface area contributed by atoms with Crippen LogP contribution in [0, 0.1) is 0 Å². The molecule has 2 aromatic rings. The number of phenols is 1. The van der Waals surface area contributed by atoms with Crippen LogP contribution in [0.15, 0.2) is 24.4 Å². The Morgan fingerprint density at radius 1 is 1.07 bits per heavy atom.